The fraction of sp³-hybridized carbons (Fsp3) is 0.381. The summed E-state index contributed by atoms with van der Waals surface area (Å²) in [5, 5.41) is 15.4. The number of carbonyl (C=O) groups is 4. The normalized spacial score (nSPS) is 16.9. The number of benzene rings is 4. The van der Waals surface area contributed by atoms with Crippen LogP contribution in [0.1, 0.15) is 133 Å². The summed E-state index contributed by atoms with van der Waals surface area (Å²) in [6.07, 6.45) is 11.1. The molecule has 0 radical (unpaired) electrons. The van der Waals surface area contributed by atoms with Crippen molar-refractivity contribution in [2.45, 2.75) is 132 Å². The van der Waals surface area contributed by atoms with E-state index >= 15 is 0 Å². The van der Waals surface area contributed by atoms with E-state index in [1.54, 1.807) is 14.1 Å². The van der Waals surface area contributed by atoms with E-state index in [1.165, 1.54) is 33.4 Å². The number of aromatic nitrogens is 12. The molecule has 4 aromatic carbocycles. The lowest BCUT2D eigenvalue weighted by atomic mass is 10.0. The van der Waals surface area contributed by atoms with Gasteiger partial charge in [-0.1, -0.05) is 12.1 Å². The minimum absolute atomic E-state index is 0.0370. The van der Waals surface area contributed by atoms with Crippen LogP contribution in [0.15, 0.2) is 128 Å². The number of hydrogen-bond acceptors (Lipinski definition) is 20. The molecule has 28 heteroatoms. The van der Waals surface area contributed by atoms with E-state index < -0.39 is 0 Å². The van der Waals surface area contributed by atoms with Crippen LogP contribution < -0.4 is 46.6 Å². The van der Waals surface area contributed by atoms with Crippen LogP contribution in [0.2, 0.25) is 0 Å². The maximum Gasteiger partial charge on any atom is 0.255 e. The van der Waals surface area contributed by atoms with Crippen LogP contribution in [-0.4, -0.2) is 241 Å². The Morgan fingerprint density at radius 3 is 1.14 bits per heavy atom. The van der Waals surface area contributed by atoms with Gasteiger partial charge in [0, 0.05) is 172 Å². The Morgan fingerprint density at radius 1 is 0.400 bits per heavy atom. The Hall–Kier alpha value is -12.8. The van der Waals surface area contributed by atoms with Crippen LogP contribution in [0.5, 0.6) is 0 Å². The quantitative estimate of drug-likeness (QED) is 0.0717. The van der Waals surface area contributed by atoms with Crippen LogP contribution in [0.4, 0.5) is 22.7 Å². The zero-order chi connectivity index (χ0) is 88.0. The molecule has 0 bridgehead atoms. The summed E-state index contributed by atoms with van der Waals surface area (Å²) in [6, 6.07) is 38.5. The van der Waals surface area contributed by atoms with Gasteiger partial charge in [0.15, 0.2) is 22.6 Å². The summed E-state index contributed by atoms with van der Waals surface area (Å²) < 4.78 is 8.18. The smallest absolute Gasteiger partial charge is 0.255 e. The third-order valence-corrected chi connectivity index (χ3v) is 26.0. The summed E-state index contributed by atoms with van der Waals surface area (Å²) >= 11 is 0. The third kappa shape index (κ3) is 15.5. The fourth-order valence-corrected chi connectivity index (χ4v) is 18.7. The van der Waals surface area contributed by atoms with Crippen molar-refractivity contribution in [3.63, 3.8) is 0 Å². The van der Waals surface area contributed by atoms with Crippen molar-refractivity contribution in [3.8, 4) is 0 Å². The first-order valence-corrected chi connectivity index (χ1v) is 43.7. The SMILES string of the molecule is CCNC(=O)c1cc2c(N3CC[C@H](N(C)C)C3)ccnc2n2c1nc1cc(C)c(C)cc12.CNC(=O)c1cc2c(N3CCC[C@@H](N)C3)cc(C)nc2n2c1nc1ccccc12.CNC(=O)c1cc2c(N3CC[C@H](N(C)C)C3)ccnc2n2c1nc1cc(C)c(C)cc12.Cc1cc2nc3c(C(=O)NC(C)C)cc4c(N5CC[C@H](N(C)C)C5)ccnc4n3c2cc1C. The predicted octanol–water partition coefficient (Wildman–Crippen LogP) is 13.3. The van der Waals surface area contributed by atoms with Gasteiger partial charge < -0.3 is 61.3 Å². The molecule has 125 heavy (non-hydrogen) atoms. The molecule has 16 heterocycles. The van der Waals surface area contributed by atoms with Gasteiger partial charge in [0.2, 0.25) is 0 Å². The van der Waals surface area contributed by atoms with E-state index in [9.17, 15) is 19.2 Å². The zero-order valence-electron chi connectivity index (χ0n) is 75.1. The molecule has 6 N–H and O–H groups in total. The number of likely N-dealkylation sites (N-methyl/N-ethyl adjacent to an activating group) is 3. The molecule has 4 saturated heterocycles. The summed E-state index contributed by atoms with van der Waals surface area (Å²) in [6.45, 7) is 28.6. The Balaban J connectivity index is 0.000000118. The van der Waals surface area contributed by atoms with Crippen molar-refractivity contribution < 1.29 is 19.2 Å². The minimum Gasteiger partial charge on any atom is -0.369 e. The lowest BCUT2D eigenvalue weighted by Crippen LogP contribution is -2.43. The van der Waals surface area contributed by atoms with Gasteiger partial charge >= 0.3 is 0 Å². The van der Waals surface area contributed by atoms with Crippen LogP contribution in [0, 0.1) is 48.5 Å². The number of imidazole rings is 4. The van der Waals surface area contributed by atoms with E-state index in [0.29, 0.717) is 69.5 Å². The summed E-state index contributed by atoms with van der Waals surface area (Å²) in [4.78, 5) is 107. The second-order valence-corrected chi connectivity index (χ2v) is 35.4. The third-order valence-electron chi connectivity index (χ3n) is 26.0. The van der Waals surface area contributed by atoms with Crippen LogP contribution >= 0.6 is 0 Å². The molecule has 16 aromatic rings. The lowest BCUT2D eigenvalue weighted by molar-refractivity contribution is 0.0938. The monoisotopic (exact) mass is 1680 g/mol. The molecule has 4 fully saturated rings. The average molecular weight is 1680 g/mol. The number of carbonyl (C=O) groups excluding carboxylic acids is 4. The highest BCUT2D eigenvalue weighted by molar-refractivity contribution is 6.12. The average Bonchev–Trinajstić information content (AvgIpc) is 0.985. The molecule has 646 valence electrons. The van der Waals surface area contributed by atoms with Crippen molar-refractivity contribution in [3.05, 3.63) is 189 Å². The fourth-order valence-electron chi connectivity index (χ4n) is 18.7. The number of nitrogens with one attached hydrogen (secondary N) is 4. The molecule has 4 aliphatic heterocycles. The Morgan fingerprint density at radius 2 is 0.760 bits per heavy atom. The second kappa shape index (κ2) is 34.1. The number of amides is 4. The first kappa shape index (κ1) is 84.5. The van der Waals surface area contributed by atoms with Crippen LogP contribution in [0.3, 0.4) is 0 Å². The molecule has 0 unspecified atom stereocenters. The molecular weight excluding hydrogens is 1570 g/mol. The van der Waals surface area contributed by atoms with Gasteiger partial charge in [-0.3, -0.25) is 36.8 Å². The maximum atomic E-state index is 13.3. The van der Waals surface area contributed by atoms with Gasteiger partial charge in [0.25, 0.3) is 23.6 Å². The number of nitrogens with two attached hydrogens (primary N) is 1. The molecular formula is C97H114N24O4. The molecule has 0 spiro atoms. The van der Waals surface area contributed by atoms with Crippen LogP contribution in [-0.2, 0) is 0 Å². The van der Waals surface area contributed by atoms with Gasteiger partial charge in [0.1, 0.15) is 22.6 Å². The number of fused-ring (bicyclic) bond motifs is 20. The number of anilines is 4. The number of nitrogens with zero attached hydrogens (tertiary/aromatic N) is 19. The number of hydrogen-bond donors (Lipinski definition) is 5. The molecule has 28 nitrogen and oxygen atoms in total. The van der Waals surface area contributed by atoms with Crippen molar-refractivity contribution in [2.75, 3.05) is 135 Å². The first-order valence-electron chi connectivity index (χ1n) is 43.7. The summed E-state index contributed by atoms with van der Waals surface area (Å²) in [7, 11) is 16.1. The molecule has 20 rings (SSSR count). The largest absolute Gasteiger partial charge is 0.369 e. The van der Waals surface area contributed by atoms with E-state index in [0.717, 1.165) is 201 Å². The topological polar surface area (TPSA) is 286 Å². The Labute approximate surface area is 727 Å². The standard InChI is InChI=1S/C26H32N6O.C25H30N6O.C24H28N6O.C22H24N6O/c1-15(2)28-26(33)20-13-19-22(31-10-8-18(14-31)30(5)6)7-9-27-24(19)32-23-12-17(4)16(3)11-21(23)29-25(20)32;1-6-26-25(32)19-13-18-21(30-10-8-17(14-30)29(4)5)7-9-27-23(18)31-22-12-16(3)15(2)11-20(22)28-24(19)31;1-14-10-19-21(11-15(14)2)30-22-17(12-18(23(30)27-19)24(31)25-3)20(6-8-26-22)29-9-7-16(13-29)28(4)5;1-13-10-19(27-9-5-6-14(23)12-27)15-11-16(22(29)24-2)21-26-17-7-3-4-8-18(17)28(21)20(15)25-13/h7,9,11-13,15,18H,8,10,14H2,1-6H3,(H,28,33);7,9,11-13,17H,6,8,10,14H2,1-5H3,(H,26,32);6,8,10-12,16H,7,9,13H2,1-5H3,(H,25,31);3-4,7-8,10-11,14H,5-6,9,12,23H2,1-2H3,(H,24,29)/t18-;17-;16-;14-/m0001/s1. The molecule has 0 saturated carbocycles. The number of piperidine rings is 1. The van der Waals surface area contributed by atoms with Gasteiger partial charge in [-0.2, -0.15) is 0 Å². The summed E-state index contributed by atoms with van der Waals surface area (Å²) in [5.74, 6) is -0.513. The summed E-state index contributed by atoms with van der Waals surface area (Å²) in [5.41, 5.74) is 34.3. The van der Waals surface area contributed by atoms with Gasteiger partial charge in [-0.05, 0) is 274 Å². The highest BCUT2D eigenvalue weighted by atomic mass is 16.2. The number of aryl methyl sites for hydroxylation is 7. The van der Waals surface area contributed by atoms with E-state index in [-0.39, 0.29) is 35.7 Å². The van der Waals surface area contributed by atoms with Crippen molar-refractivity contribution in [1.82, 2.24) is 93.4 Å². The van der Waals surface area contributed by atoms with Gasteiger partial charge in [-0.15, -0.1) is 0 Å². The van der Waals surface area contributed by atoms with Gasteiger partial charge in [-0.25, -0.2) is 39.9 Å². The zero-order valence-corrected chi connectivity index (χ0v) is 75.1. The molecule has 4 atom stereocenters. The molecule has 12 aromatic heterocycles. The predicted molar refractivity (Wildman–Crippen MR) is 505 cm³/mol. The number of pyridine rings is 8. The van der Waals surface area contributed by atoms with E-state index in [2.05, 4.69) is 209 Å². The minimum atomic E-state index is -0.158. The van der Waals surface area contributed by atoms with Gasteiger partial charge in [0.05, 0.1) is 66.4 Å². The maximum absolute atomic E-state index is 13.3. The lowest BCUT2D eigenvalue weighted by Gasteiger charge is -2.33. The number of rotatable bonds is 13. The molecule has 4 amide bonds. The Kier molecular flexibility index (Phi) is 23.0. The first-order chi connectivity index (χ1) is 60.1. The highest BCUT2D eigenvalue weighted by Gasteiger charge is 2.33. The van der Waals surface area contributed by atoms with Crippen LogP contribution in [0.25, 0.3) is 111 Å². The van der Waals surface area contributed by atoms with Crippen molar-refractivity contribution >= 4 is 157 Å². The molecule has 4 aliphatic rings. The van der Waals surface area contributed by atoms with E-state index in [1.807, 2.05) is 104 Å². The molecule has 0 aliphatic carbocycles. The van der Waals surface area contributed by atoms with Crippen molar-refractivity contribution in [2.24, 2.45) is 5.73 Å². The van der Waals surface area contributed by atoms with E-state index in [4.69, 9.17) is 45.6 Å². The Bertz CT molecular complexity index is 7000. The number of para-hydroxylation sites is 2. The second-order valence-electron chi connectivity index (χ2n) is 35.4. The highest BCUT2D eigenvalue weighted by Crippen LogP contribution is 2.40. The van der Waals surface area contributed by atoms with Crippen molar-refractivity contribution in [1.29, 1.82) is 0 Å².